The van der Waals surface area contributed by atoms with E-state index in [1.807, 2.05) is 0 Å². The Labute approximate surface area is 414 Å². The van der Waals surface area contributed by atoms with Gasteiger partial charge in [-0.05, 0) is 136 Å². The van der Waals surface area contributed by atoms with Crippen molar-refractivity contribution in [1.29, 1.82) is 0 Å². The molecule has 0 amide bonds. The molecule has 0 atom stereocenters. The molecule has 0 heterocycles. The summed E-state index contributed by atoms with van der Waals surface area (Å²) in [5.41, 5.74) is 4.70. The second kappa shape index (κ2) is 30.9. The highest BCUT2D eigenvalue weighted by molar-refractivity contribution is 9.11. The Kier molecular flexibility index (Phi) is 32.5. The van der Waals surface area contributed by atoms with Gasteiger partial charge in [0.25, 0.3) is 6.69 Å². The molecule has 18 heteroatoms. The second-order valence-electron chi connectivity index (χ2n) is 15.8. The zero-order chi connectivity index (χ0) is 46.5. The summed E-state index contributed by atoms with van der Waals surface area (Å²) in [4.78, 5) is 0.535. The highest BCUT2D eigenvalue weighted by Crippen LogP contribution is 2.39. The Morgan fingerprint density at radius 2 is 0.814 bits per heavy atom. The Balaban J connectivity index is 0. The molecule has 0 saturated carbocycles. The fourth-order valence-corrected chi connectivity index (χ4v) is 18.9. The number of phenolic OH excluding ortho intramolecular Hbond substituents is 1. The third kappa shape index (κ3) is 21.6. The van der Waals surface area contributed by atoms with E-state index in [9.17, 15) is 13.2 Å². The van der Waals surface area contributed by atoms with Gasteiger partial charge in [-0.15, -0.1) is 57.0 Å². The van der Waals surface area contributed by atoms with Crippen molar-refractivity contribution in [2.75, 3.05) is 28.3 Å². The topological polar surface area (TPSA) is 38.7 Å². The van der Waals surface area contributed by atoms with E-state index >= 15 is 0 Å². The van der Waals surface area contributed by atoms with Gasteiger partial charge in [0.2, 0.25) is 0 Å². The quantitative estimate of drug-likeness (QED) is 0.0993. The van der Waals surface area contributed by atoms with Crippen LogP contribution >= 0.6 is 121 Å². The molecule has 3 nitrogen and oxygen atoms in total. The van der Waals surface area contributed by atoms with Gasteiger partial charge in [0.05, 0.1) is 38.7 Å². The van der Waals surface area contributed by atoms with E-state index < -0.39 is 22.8 Å². The number of alkyl halides is 4. The van der Waals surface area contributed by atoms with Gasteiger partial charge in [0.1, 0.15) is 42.8 Å². The van der Waals surface area contributed by atoms with Crippen LogP contribution in [-0.2, 0) is 0 Å². The van der Waals surface area contributed by atoms with Crippen LogP contribution in [0.4, 0.5) is 13.2 Å². The maximum absolute atomic E-state index is 13.3. The first-order valence-corrected chi connectivity index (χ1v) is 33.5. The van der Waals surface area contributed by atoms with Crippen LogP contribution in [-0.4, -0.2) is 56.2 Å². The highest BCUT2D eigenvalue weighted by Gasteiger charge is 2.43. The van der Waals surface area contributed by atoms with Gasteiger partial charge in [-0.3, -0.25) is 0 Å². The van der Waals surface area contributed by atoms with Crippen molar-refractivity contribution >= 4 is 144 Å². The van der Waals surface area contributed by atoms with Crippen LogP contribution in [0.25, 0.3) is 0 Å². The van der Waals surface area contributed by atoms with Gasteiger partial charge < -0.3 is 14.6 Å². The maximum Gasteiger partial charge on any atom is 0.256 e. The summed E-state index contributed by atoms with van der Waals surface area (Å²) in [6.45, 7) is 24.2. The molecule has 0 bridgehead atoms. The summed E-state index contributed by atoms with van der Waals surface area (Å²) < 4.78 is 52.7. The first kappa shape index (κ1) is 62.0. The number of hydrogen-bond acceptors (Lipinski definition) is 3. The first-order valence-electron chi connectivity index (χ1n) is 19.1. The number of benzene rings is 3. The Morgan fingerprint density at radius 1 is 0.525 bits per heavy atom. The molecule has 340 valence electrons. The summed E-state index contributed by atoms with van der Waals surface area (Å²) in [5.74, 6) is 0.316. The van der Waals surface area contributed by atoms with Gasteiger partial charge in [-0.25, -0.2) is 13.2 Å². The predicted octanol–water partition coefficient (Wildman–Crippen LogP) is 18.7. The summed E-state index contributed by atoms with van der Waals surface area (Å²) in [7, 11) is -3.43. The van der Waals surface area contributed by atoms with Crippen LogP contribution in [0.15, 0.2) is 68.0 Å². The zero-order valence-corrected chi connectivity index (χ0v) is 49.1. The van der Waals surface area contributed by atoms with Gasteiger partial charge in [0, 0.05) is 11.0 Å². The van der Waals surface area contributed by atoms with Crippen molar-refractivity contribution in [3.63, 3.8) is 0 Å². The van der Waals surface area contributed by atoms with Gasteiger partial charge in [-0.2, -0.15) is 0 Å². The smallest absolute Gasteiger partial charge is 0.256 e. The molecule has 3 aromatic rings. The summed E-state index contributed by atoms with van der Waals surface area (Å²) in [6.07, 6.45) is 1.09. The number of aromatic hydroxyl groups is 1. The third-order valence-electron chi connectivity index (χ3n) is 10.3. The lowest BCUT2D eigenvalue weighted by Crippen LogP contribution is -2.53. The van der Waals surface area contributed by atoms with Crippen LogP contribution in [0, 0.1) is 17.5 Å². The molecule has 0 aliphatic rings. The minimum absolute atomic E-state index is 0.0522. The first-order chi connectivity index (χ1) is 27.2. The molecule has 0 saturated heterocycles. The van der Waals surface area contributed by atoms with Crippen molar-refractivity contribution in [2.45, 2.75) is 116 Å². The molecule has 0 unspecified atom stereocenters. The summed E-state index contributed by atoms with van der Waals surface area (Å²) >= 11 is 41.7. The van der Waals surface area contributed by atoms with Crippen molar-refractivity contribution in [1.82, 2.24) is 0 Å². The van der Waals surface area contributed by atoms with E-state index in [0.717, 1.165) is 11.0 Å². The van der Waals surface area contributed by atoms with E-state index in [0.29, 0.717) is 75.4 Å². The number of ether oxygens (including phenoxy) is 2. The largest absolute Gasteiger partial charge is 0.507 e. The maximum atomic E-state index is 13.3. The zero-order valence-electron chi connectivity index (χ0n) is 36.0. The highest BCUT2D eigenvalue weighted by atomic mass is 79.9. The molecule has 3 rings (SSSR count). The number of halogens is 12. The predicted molar refractivity (Wildman–Crippen MR) is 276 cm³/mol. The molecule has 0 fully saturated rings. The van der Waals surface area contributed by atoms with Gasteiger partial charge in [-0.1, -0.05) is 99.0 Å². The lowest BCUT2D eigenvalue weighted by Gasteiger charge is -2.38. The van der Waals surface area contributed by atoms with Gasteiger partial charge >= 0.3 is 0 Å². The number of rotatable bonds is 14. The molecule has 0 aromatic heterocycles. The monoisotopic (exact) mass is 1230 g/mol. The minimum atomic E-state index is -2.06. The third-order valence-corrected chi connectivity index (χ3v) is 35.1. The molecular weight excluding hydrogens is 1180 g/mol. The minimum Gasteiger partial charge on any atom is -0.507 e. The normalized spacial score (nSPS) is 11.7. The molecule has 0 aliphatic heterocycles. The summed E-state index contributed by atoms with van der Waals surface area (Å²) in [6, 6.07) is 12.5. The molecule has 3 aromatic carbocycles. The molecule has 59 heavy (non-hydrogen) atoms. The van der Waals surface area contributed by atoms with Crippen LogP contribution in [0.3, 0.4) is 0 Å². The Bertz CT molecular complexity index is 1540. The molecule has 0 spiro atoms. The van der Waals surface area contributed by atoms with Crippen LogP contribution < -0.4 is 9.47 Å². The Morgan fingerprint density at radius 3 is 1.00 bits per heavy atom. The fraction of sp³-hybridized carbons (Fsp3) is 0.561. The molecule has 0 aliphatic carbocycles. The lowest BCUT2D eigenvalue weighted by molar-refractivity contribution is 0.331. The molecule has 1 N–H and O–H groups in total. The lowest BCUT2D eigenvalue weighted by atomic mass is 10.3. The van der Waals surface area contributed by atoms with Crippen molar-refractivity contribution in [3.8, 4) is 17.2 Å². The van der Waals surface area contributed by atoms with Crippen molar-refractivity contribution in [3.05, 3.63) is 85.5 Å². The average molecular weight is 1240 g/mol. The second-order valence-corrected chi connectivity index (χ2v) is 40.1. The number of hydrogen-bond donors (Lipinski definition) is 1. The van der Waals surface area contributed by atoms with E-state index in [4.69, 9.17) is 71.5 Å². The van der Waals surface area contributed by atoms with Crippen molar-refractivity contribution < 1.29 is 27.8 Å². The van der Waals surface area contributed by atoms with Crippen LogP contribution in [0.1, 0.15) is 83.1 Å². The standard InChI is InChI=1S/C20H24Br2F2O2Si.C8H18Cl2Si.C6H4BrFO.C6H14Cl2Si.CH2BrCl/c1-13(2)27(14(3)4,11-25-19-7-5-15(23)9-17(19)21)12-26-20-8-6-16(24)10-18(20)22;1-7(2)11(5-9,6-10)8(3)4;7-5-3-4(8)1-2-6(5)9;1-5(2)9(7,8)6(3)4;2-1-3/h5-10,13-14H,11-12H2,1-4H3;7-8H,5-6H2,1-4H3;1-3,9H;5-6H,1-4H3;1H2. The average Bonchev–Trinajstić information content (AvgIpc) is 3.12. The van der Waals surface area contributed by atoms with Crippen LogP contribution in [0.5, 0.6) is 17.2 Å². The molecular formula is C41H62Br4Cl5F3O3Si3. The van der Waals surface area contributed by atoms with Crippen molar-refractivity contribution in [2.24, 2.45) is 0 Å². The van der Waals surface area contributed by atoms with E-state index in [1.165, 1.54) is 42.5 Å². The fourth-order valence-electron chi connectivity index (χ4n) is 5.45. The van der Waals surface area contributed by atoms with E-state index in [1.54, 1.807) is 12.1 Å². The number of phenols is 1. The van der Waals surface area contributed by atoms with E-state index in [2.05, 4.69) is 147 Å². The van der Waals surface area contributed by atoms with Gasteiger partial charge in [0.15, 0.2) is 0 Å². The summed E-state index contributed by atoms with van der Waals surface area (Å²) in [5, 5.41) is 8.83. The molecule has 0 radical (unpaired) electrons. The van der Waals surface area contributed by atoms with E-state index in [-0.39, 0.29) is 23.2 Å². The Hall–Kier alpha value is 0.871. The van der Waals surface area contributed by atoms with Crippen LogP contribution in [0.2, 0.25) is 33.2 Å². The SMILES string of the molecule is CC(C)[Si](CCl)(CCl)C(C)C.CC(C)[Si](COc1ccc(F)cc1Br)(COc1ccc(F)cc1Br)C(C)C.CC(C)[Si](Cl)(Cl)C(C)C.ClCBr.Oc1ccc(F)cc1Br.